The van der Waals surface area contributed by atoms with Gasteiger partial charge < -0.3 is 10.2 Å². The van der Waals surface area contributed by atoms with Crippen molar-refractivity contribution in [3.63, 3.8) is 0 Å². The fraction of sp³-hybridized carbons (Fsp3) is 0.312. The van der Waals surface area contributed by atoms with Gasteiger partial charge in [0.2, 0.25) is 0 Å². The number of rotatable bonds is 2. The molecule has 0 unspecified atom stereocenters. The van der Waals surface area contributed by atoms with Gasteiger partial charge in [-0.3, -0.25) is 0 Å². The Balaban J connectivity index is 1.65. The molecule has 0 radical (unpaired) electrons. The van der Waals surface area contributed by atoms with E-state index in [9.17, 15) is 13.2 Å². The van der Waals surface area contributed by atoms with Gasteiger partial charge >= 0.3 is 6.18 Å². The molecular weight excluding hydrogens is 333 g/mol. The van der Waals surface area contributed by atoms with E-state index in [-0.39, 0.29) is 5.65 Å². The molecule has 0 saturated carbocycles. The molecule has 0 spiro atoms. The number of allylic oxidation sites excluding steroid dienone is 2. The van der Waals surface area contributed by atoms with Gasteiger partial charge in [-0.15, -0.1) is 15.3 Å². The summed E-state index contributed by atoms with van der Waals surface area (Å²) in [5.41, 5.74) is 2.47. The lowest BCUT2D eigenvalue weighted by molar-refractivity contribution is -0.146. The molecule has 0 aliphatic carbocycles. The molecule has 2 aliphatic heterocycles. The normalized spacial score (nSPS) is 18.4. The molecule has 6 nitrogen and oxygen atoms in total. The van der Waals surface area contributed by atoms with Crippen LogP contribution in [0, 0.1) is 0 Å². The van der Waals surface area contributed by atoms with Crippen molar-refractivity contribution in [2.24, 2.45) is 0 Å². The Morgan fingerprint density at radius 2 is 2.00 bits per heavy atom. The van der Waals surface area contributed by atoms with E-state index in [1.54, 1.807) is 12.3 Å². The zero-order valence-electron chi connectivity index (χ0n) is 13.2. The molecule has 0 saturated heterocycles. The van der Waals surface area contributed by atoms with E-state index in [0.29, 0.717) is 12.4 Å². The van der Waals surface area contributed by atoms with E-state index in [1.807, 2.05) is 17.1 Å². The average Bonchev–Trinajstić information content (AvgIpc) is 3.06. The summed E-state index contributed by atoms with van der Waals surface area (Å²) < 4.78 is 39.8. The van der Waals surface area contributed by atoms with Gasteiger partial charge in [0.25, 0.3) is 5.82 Å². The summed E-state index contributed by atoms with van der Waals surface area (Å²) in [4.78, 5) is 1.82. The number of alkyl halides is 3. The van der Waals surface area contributed by atoms with Crippen LogP contribution in [-0.4, -0.2) is 39.4 Å². The highest BCUT2D eigenvalue weighted by Gasteiger charge is 2.37. The zero-order valence-corrected chi connectivity index (χ0v) is 13.2. The maximum Gasteiger partial charge on any atom is 0.453 e. The highest BCUT2D eigenvalue weighted by Crippen LogP contribution is 2.28. The minimum absolute atomic E-state index is 0.0638. The van der Waals surface area contributed by atoms with Gasteiger partial charge in [-0.1, -0.05) is 12.2 Å². The van der Waals surface area contributed by atoms with Gasteiger partial charge in [0.1, 0.15) is 0 Å². The van der Waals surface area contributed by atoms with Crippen molar-refractivity contribution in [3.05, 3.63) is 53.5 Å². The van der Waals surface area contributed by atoms with Crippen molar-refractivity contribution >= 4 is 11.5 Å². The standard InChI is InChI=1S/C16H15F3N6/c17-16(18,19)15-22-21-13-3-4-14(23-25(13)15)24-9-1-2-12(10-24)11-5-7-20-8-6-11/h1-5,9,20H,6-8,10H2. The van der Waals surface area contributed by atoms with Crippen LogP contribution < -0.4 is 10.2 Å². The minimum Gasteiger partial charge on any atom is -0.327 e. The smallest absolute Gasteiger partial charge is 0.327 e. The number of hydrogen-bond acceptors (Lipinski definition) is 5. The molecule has 9 heteroatoms. The molecule has 0 aromatic carbocycles. The van der Waals surface area contributed by atoms with Gasteiger partial charge in [-0.25, -0.2) is 0 Å². The molecule has 2 aliphatic rings. The Bertz CT molecular complexity index is 893. The molecule has 0 fully saturated rings. The first-order chi connectivity index (χ1) is 12.0. The Kier molecular flexibility index (Phi) is 3.79. The predicted molar refractivity (Wildman–Crippen MR) is 85.9 cm³/mol. The third-order valence-corrected chi connectivity index (χ3v) is 4.18. The number of nitrogens with one attached hydrogen (secondary N) is 1. The maximum atomic E-state index is 13.0. The van der Waals surface area contributed by atoms with Gasteiger partial charge in [-0.2, -0.15) is 17.7 Å². The molecule has 130 valence electrons. The number of fused-ring (bicyclic) bond motifs is 1. The maximum absolute atomic E-state index is 13.0. The summed E-state index contributed by atoms with van der Waals surface area (Å²) in [6.07, 6.45) is 4.19. The lowest BCUT2D eigenvalue weighted by atomic mass is 9.98. The molecule has 1 N–H and O–H groups in total. The Morgan fingerprint density at radius 1 is 1.12 bits per heavy atom. The highest BCUT2D eigenvalue weighted by atomic mass is 19.4. The third-order valence-electron chi connectivity index (χ3n) is 4.18. The van der Waals surface area contributed by atoms with Crippen LogP contribution in [0.3, 0.4) is 0 Å². The van der Waals surface area contributed by atoms with Crippen molar-refractivity contribution in [1.29, 1.82) is 0 Å². The first-order valence-corrected chi connectivity index (χ1v) is 7.86. The van der Waals surface area contributed by atoms with Crippen molar-refractivity contribution in [3.8, 4) is 0 Å². The van der Waals surface area contributed by atoms with E-state index >= 15 is 0 Å². The molecule has 0 atom stereocenters. The second-order valence-corrected chi connectivity index (χ2v) is 5.83. The van der Waals surface area contributed by atoms with E-state index in [1.165, 1.54) is 11.6 Å². The van der Waals surface area contributed by atoms with E-state index in [2.05, 4.69) is 26.7 Å². The molecule has 2 aromatic rings. The van der Waals surface area contributed by atoms with Gasteiger partial charge in [0.05, 0.1) is 0 Å². The second-order valence-electron chi connectivity index (χ2n) is 5.83. The topological polar surface area (TPSA) is 58.4 Å². The van der Waals surface area contributed by atoms with Crippen LogP contribution in [0.15, 0.2) is 47.7 Å². The van der Waals surface area contributed by atoms with Crippen LogP contribution in [0.5, 0.6) is 0 Å². The molecule has 25 heavy (non-hydrogen) atoms. The van der Waals surface area contributed by atoms with Gasteiger partial charge in [-0.05, 0) is 42.3 Å². The molecule has 4 rings (SSSR count). The Labute approximate surface area is 141 Å². The molecule has 2 aromatic heterocycles. The summed E-state index contributed by atoms with van der Waals surface area (Å²) in [5.74, 6) is -0.712. The molecular formula is C16H15F3N6. The van der Waals surface area contributed by atoms with Crippen molar-refractivity contribution in [1.82, 2.24) is 25.1 Å². The quantitative estimate of drug-likeness (QED) is 0.903. The highest BCUT2D eigenvalue weighted by molar-refractivity contribution is 5.53. The van der Waals surface area contributed by atoms with Crippen LogP contribution in [0.4, 0.5) is 19.0 Å². The molecule has 4 heterocycles. The number of anilines is 1. The lowest BCUT2D eigenvalue weighted by Gasteiger charge is -2.26. The predicted octanol–water partition coefficient (Wildman–Crippen LogP) is 2.32. The number of aromatic nitrogens is 4. The Hall–Kier alpha value is -2.68. The van der Waals surface area contributed by atoms with Gasteiger partial charge in [0.15, 0.2) is 11.5 Å². The van der Waals surface area contributed by atoms with Crippen LogP contribution in [0.25, 0.3) is 5.65 Å². The Morgan fingerprint density at radius 3 is 2.76 bits per heavy atom. The van der Waals surface area contributed by atoms with Gasteiger partial charge in [0, 0.05) is 19.3 Å². The number of halogens is 3. The minimum atomic E-state index is -4.60. The largest absolute Gasteiger partial charge is 0.453 e. The average molecular weight is 348 g/mol. The summed E-state index contributed by atoms with van der Waals surface area (Å²) in [5, 5.41) is 14.1. The monoisotopic (exact) mass is 348 g/mol. The van der Waals surface area contributed by atoms with E-state index in [4.69, 9.17) is 0 Å². The van der Waals surface area contributed by atoms with E-state index < -0.39 is 12.0 Å². The van der Waals surface area contributed by atoms with Crippen LogP contribution >= 0.6 is 0 Å². The van der Waals surface area contributed by atoms with Crippen LogP contribution in [0.1, 0.15) is 12.2 Å². The third kappa shape index (κ3) is 3.02. The van der Waals surface area contributed by atoms with Crippen molar-refractivity contribution in [2.75, 3.05) is 24.5 Å². The first kappa shape index (κ1) is 15.8. The zero-order chi connectivity index (χ0) is 17.4. The summed E-state index contributed by atoms with van der Waals surface area (Å²) in [7, 11) is 0. The second kappa shape index (κ2) is 5.99. The lowest BCUT2D eigenvalue weighted by Crippen LogP contribution is -2.27. The fourth-order valence-corrected chi connectivity index (χ4v) is 2.94. The summed E-state index contributed by atoms with van der Waals surface area (Å²) in [6.45, 7) is 2.31. The fourth-order valence-electron chi connectivity index (χ4n) is 2.94. The molecule has 0 bridgehead atoms. The SMILES string of the molecule is FC(F)(F)c1nnc2ccc(N3C=CC=C(C4=CCNCC4)C3)nn12. The van der Waals surface area contributed by atoms with Crippen LogP contribution in [-0.2, 0) is 6.18 Å². The van der Waals surface area contributed by atoms with Crippen molar-refractivity contribution < 1.29 is 13.2 Å². The molecule has 0 amide bonds. The van der Waals surface area contributed by atoms with Crippen LogP contribution in [0.2, 0.25) is 0 Å². The van der Waals surface area contributed by atoms with Crippen molar-refractivity contribution in [2.45, 2.75) is 12.6 Å². The summed E-state index contributed by atoms with van der Waals surface area (Å²) in [6, 6.07) is 3.13. The summed E-state index contributed by atoms with van der Waals surface area (Å²) >= 11 is 0. The number of nitrogens with zero attached hydrogens (tertiary/aromatic N) is 5. The first-order valence-electron chi connectivity index (χ1n) is 7.86. The number of hydrogen-bond donors (Lipinski definition) is 1. The van der Waals surface area contributed by atoms with E-state index in [0.717, 1.165) is 29.6 Å².